The van der Waals surface area contributed by atoms with Crippen LogP contribution in [-0.2, 0) is 12.9 Å². The van der Waals surface area contributed by atoms with Crippen LogP contribution in [0.25, 0.3) is 10.9 Å². The number of rotatable bonds is 3. The number of ether oxygens (including phenoxy) is 1. The molecule has 0 spiro atoms. The Morgan fingerprint density at radius 1 is 1.25 bits per heavy atom. The molecule has 0 bridgehead atoms. The fourth-order valence-corrected chi connectivity index (χ4v) is 2.39. The second-order valence-corrected chi connectivity index (χ2v) is 4.89. The van der Waals surface area contributed by atoms with Crippen LogP contribution in [0.4, 0.5) is 0 Å². The molecule has 3 rings (SSSR count). The first-order valence-corrected chi connectivity index (χ1v) is 6.84. The molecule has 0 saturated heterocycles. The summed E-state index contributed by atoms with van der Waals surface area (Å²) < 4.78 is 7.50. The van der Waals surface area contributed by atoms with E-state index in [1.165, 1.54) is 0 Å². The Morgan fingerprint density at radius 3 is 2.75 bits per heavy atom. The molecular weight excluding hydrogens is 274 g/mol. The zero-order chi connectivity index (χ0) is 14.1. The van der Waals surface area contributed by atoms with Gasteiger partial charge in [-0.1, -0.05) is 18.2 Å². The zero-order valence-electron chi connectivity index (χ0n) is 11.3. The number of aryl methyl sites for hydroxylation is 2. The van der Waals surface area contributed by atoms with Gasteiger partial charge in [-0.3, -0.25) is 0 Å². The van der Waals surface area contributed by atoms with Crippen LogP contribution in [0, 0.1) is 6.92 Å². The maximum absolute atomic E-state index is 6.02. The van der Waals surface area contributed by atoms with Gasteiger partial charge in [0.1, 0.15) is 0 Å². The molecule has 2 heterocycles. The van der Waals surface area contributed by atoms with Crippen LogP contribution in [0.5, 0.6) is 11.8 Å². The summed E-state index contributed by atoms with van der Waals surface area (Å²) in [6, 6.07) is 11.6. The van der Waals surface area contributed by atoms with Crippen molar-refractivity contribution in [3.05, 3.63) is 47.7 Å². The minimum atomic E-state index is 0.420. The van der Waals surface area contributed by atoms with Crippen molar-refractivity contribution >= 4 is 22.5 Å². The van der Waals surface area contributed by atoms with E-state index in [1.54, 1.807) is 4.68 Å². The number of nitrogens with zero attached hydrogens (tertiary/aromatic N) is 3. The molecule has 1 aromatic carbocycles. The first-order chi connectivity index (χ1) is 9.67. The monoisotopic (exact) mass is 287 g/mol. The van der Waals surface area contributed by atoms with Gasteiger partial charge in [0, 0.05) is 30.4 Å². The van der Waals surface area contributed by atoms with Crippen LogP contribution in [0.15, 0.2) is 36.4 Å². The summed E-state index contributed by atoms with van der Waals surface area (Å²) in [5.74, 6) is 1.61. The summed E-state index contributed by atoms with van der Waals surface area (Å²) in [4.78, 5) is 4.51. The van der Waals surface area contributed by atoms with Crippen molar-refractivity contribution in [1.29, 1.82) is 0 Å². The third kappa shape index (κ3) is 2.34. The molecule has 0 saturated carbocycles. The summed E-state index contributed by atoms with van der Waals surface area (Å²) in [6.45, 7) is 1.92. The van der Waals surface area contributed by atoms with E-state index >= 15 is 0 Å². The van der Waals surface area contributed by atoms with E-state index in [0.29, 0.717) is 17.6 Å². The van der Waals surface area contributed by atoms with E-state index in [1.807, 2.05) is 50.4 Å². The smallest absolute Gasteiger partial charge is 0.222 e. The molecule has 0 amide bonds. The summed E-state index contributed by atoms with van der Waals surface area (Å²) in [6.07, 6.45) is 0. The number of para-hydroxylation sites is 1. The molecule has 0 aliphatic rings. The summed E-state index contributed by atoms with van der Waals surface area (Å²) >= 11 is 6.02. The molecule has 0 unspecified atom stereocenters. The number of hydrogen-bond acceptors (Lipinski definition) is 3. The van der Waals surface area contributed by atoms with Crippen molar-refractivity contribution in [2.45, 2.75) is 12.8 Å². The van der Waals surface area contributed by atoms with Crippen molar-refractivity contribution in [3.8, 4) is 11.8 Å². The highest BCUT2D eigenvalue weighted by atomic mass is 35.5. The Hall–Kier alpha value is -2.07. The molecule has 0 aliphatic carbocycles. The molecule has 3 aromatic rings. The van der Waals surface area contributed by atoms with Gasteiger partial charge in [0.05, 0.1) is 11.2 Å². The lowest BCUT2D eigenvalue weighted by atomic mass is 10.1. The number of hydrogen-bond donors (Lipinski definition) is 0. The van der Waals surface area contributed by atoms with Gasteiger partial charge in [0.15, 0.2) is 0 Å². The van der Waals surface area contributed by atoms with Crippen molar-refractivity contribution in [2.75, 3.05) is 0 Å². The Kier molecular flexibility index (Phi) is 3.32. The largest absolute Gasteiger partial charge is 0.421 e. The number of benzene rings is 1. The van der Waals surface area contributed by atoms with Gasteiger partial charge < -0.3 is 4.74 Å². The molecule has 102 valence electrons. The average Bonchev–Trinajstić information content (AvgIpc) is 2.76. The quantitative estimate of drug-likeness (QED) is 0.688. The number of fused-ring (bicyclic) bond motifs is 1. The number of alkyl halides is 1. The van der Waals surface area contributed by atoms with Gasteiger partial charge in [-0.05, 0) is 18.6 Å². The van der Waals surface area contributed by atoms with Crippen LogP contribution in [0.3, 0.4) is 0 Å². The minimum absolute atomic E-state index is 0.420. The Morgan fingerprint density at radius 2 is 2.05 bits per heavy atom. The van der Waals surface area contributed by atoms with Crippen LogP contribution in [0.2, 0.25) is 0 Å². The Labute approximate surface area is 122 Å². The van der Waals surface area contributed by atoms with Gasteiger partial charge in [-0.2, -0.15) is 5.10 Å². The number of halogens is 1. The summed E-state index contributed by atoms with van der Waals surface area (Å²) in [5.41, 5.74) is 2.78. The molecule has 5 heteroatoms. The van der Waals surface area contributed by atoms with Crippen molar-refractivity contribution < 1.29 is 4.74 Å². The standard InChI is InChI=1S/C15H14ClN3O/c1-10-7-15(19(2)18-10)20-14-8-11(9-16)12-5-3-4-6-13(12)17-14/h3-8H,9H2,1-2H3. The molecule has 0 fully saturated rings. The summed E-state index contributed by atoms with van der Waals surface area (Å²) in [7, 11) is 1.84. The van der Waals surface area contributed by atoms with E-state index in [0.717, 1.165) is 22.2 Å². The van der Waals surface area contributed by atoms with Gasteiger partial charge in [0.25, 0.3) is 0 Å². The third-order valence-corrected chi connectivity index (χ3v) is 3.38. The highest BCUT2D eigenvalue weighted by molar-refractivity contribution is 6.18. The van der Waals surface area contributed by atoms with Crippen molar-refractivity contribution in [1.82, 2.24) is 14.8 Å². The van der Waals surface area contributed by atoms with Gasteiger partial charge in [-0.25, -0.2) is 9.67 Å². The Bertz CT molecular complexity index is 767. The highest BCUT2D eigenvalue weighted by Crippen LogP contribution is 2.26. The maximum atomic E-state index is 6.02. The zero-order valence-corrected chi connectivity index (χ0v) is 12.1. The van der Waals surface area contributed by atoms with E-state index in [-0.39, 0.29) is 0 Å². The third-order valence-electron chi connectivity index (χ3n) is 3.09. The first kappa shape index (κ1) is 12.9. The SMILES string of the molecule is Cc1cc(Oc2cc(CCl)c3ccccc3n2)n(C)n1. The van der Waals surface area contributed by atoms with Crippen molar-refractivity contribution in [3.63, 3.8) is 0 Å². The summed E-state index contributed by atoms with van der Waals surface area (Å²) in [5, 5.41) is 5.30. The van der Waals surface area contributed by atoms with E-state index < -0.39 is 0 Å². The topological polar surface area (TPSA) is 39.9 Å². The maximum Gasteiger partial charge on any atom is 0.222 e. The van der Waals surface area contributed by atoms with Crippen LogP contribution in [-0.4, -0.2) is 14.8 Å². The minimum Gasteiger partial charge on any atom is -0.421 e. The van der Waals surface area contributed by atoms with E-state index in [2.05, 4.69) is 10.1 Å². The fourth-order valence-electron chi connectivity index (χ4n) is 2.17. The molecule has 0 atom stereocenters. The lowest BCUT2D eigenvalue weighted by Gasteiger charge is -2.08. The Balaban J connectivity index is 2.06. The predicted molar refractivity (Wildman–Crippen MR) is 79.3 cm³/mol. The molecular formula is C15H14ClN3O. The second kappa shape index (κ2) is 5.13. The fraction of sp³-hybridized carbons (Fsp3) is 0.200. The lowest BCUT2D eigenvalue weighted by Crippen LogP contribution is -1.97. The number of aromatic nitrogens is 3. The van der Waals surface area contributed by atoms with E-state index in [9.17, 15) is 0 Å². The molecule has 0 radical (unpaired) electrons. The van der Waals surface area contributed by atoms with Gasteiger partial charge in [-0.15, -0.1) is 11.6 Å². The highest BCUT2D eigenvalue weighted by Gasteiger charge is 2.09. The van der Waals surface area contributed by atoms with Crippen LogP contribution >= 0.6 is 11.6 Å². The first-order valence-electron chi connectivity index (χ1n) is 6.30. The molecule has 2 aromatic heterocycles. The van der Waals surface area contributed by atoms with Gasteiger partial charge >= 0.3 is 0 Å². The number of pyridine rings is 1. The van der Waals surface area contributed by atoms with E-state index in [4.69, 9.17) is 16.3 Å². The molecule has 20 heavy (non-hydrogen) atoms. The molecule has 0 aliphatic heterocycles. The van der Waals surface area contributed by atoms with Crippen LogP contribution in [0.1, 0.15) is 11.3 Å². The van der Waals surface area contributed by atoms with Crippen molar-refractivity contribution in [2.24, 2.45) is 7.05 Å². The molecule has 4 nitrogen and oxygen atoms in total. The predicted octanol–water partition coefficient (Wildman–Crippen LogP) is 3.81. The molecule has 0 N–H and O–H groups in total. The average molecular weight is 288 g/mol. The van der Waals surface area contributed by atoms with Crippen LogP contribution < -0.4 is 4.74 Å². The second-order valence-electron chi connectivity index (χ2n) is 4.62. The normalized spacial score (nSPS) is 10.9. The van der Waals surface area contributed by atoms with Gasteiger partial charge in [0.2, 0.25) is 11.8 Å². The lowest BCUT2D eigenvalue weighted by molar-refractivity contribution is 0.417.